The molecule has 8 nitrogen and oxygen atoms in total. The van der Waals surface area contributed by atoms with Crippen molar-refractivity contribution in [1.82, 2.24) is 8.61 Å². The smallest absolute Gasteiger partial charge is 0.243 e. The lowest BCUT2D eigenvalue weighted by Crippen LogP contribution is -2.42. The number of aryl methyl sites for hydroxylation is 1. The Labute approximate surface area is 208 Å². The lowest BCUT2D eigenvalue weighted by Gasteiger charge is -2.30. The number of carbonyl (C=O) groups excluding carboxylic acids is 1. The summed E-state index contributed by atoms with van der Waals surface area (Å²) < 4.78 is 54.3. The zero-order valence-corrected chi connectivity index (χ0v) is 21.7. The van der Waals surface area contributed by atoms with Gasteiger partial charge in [-0.25, -0.2) is 21.1 Å². The second kappa shape index (κ2) is 10.8. The summed E-state index contributed by atoms with van der Waals surface area (Å²) in [5.41, 5.74) is 2.26. The van der Waals surface area contributed by atoms with Gasteiger partial charge >= 0.3 is 0 Å². The maximum absolute atomic E-state index is 12.9. The number of hydrogen-bond donors (Lipinski definition) is 1. The molecule has 0 aliphatic carbocycles. The Balaban J connectivity index is 1.31. The van der Waals surface area contributed by atoms with Crippen LogP contribution in [0.4, 0.5) is 5.69 Å². The van der Waals surface area contributed by atoms with E-state index in [0.717, 1.165) is 30.4 Å². The van der Waals surface area contributed by atoms with Gasteiger partial charge < -0.3 is 5.32 Å². The SMILES string of the molecule is Cc1ccccc1CS(=O)(=O)N1CCC(C(=O)Nc2ccc(S(=O)(=O)N3CCCCC3)cc2)CC1. The minimum absolute atomic E-state index is 0.0385. The van der Waals surface area contributed by atoms with Crippen molar-refractivity contribution in [3.63, 3.8) is 0 Å². The molecule has 2 aromatic carbocycles. The molecule has 2 aromatic rings. The van der Waals surface area contributed by atoms with E-state index in [1.54, 1.807) is 12.1 Å². The van der Waals surface area contributed by atoms with E-state index in [1.165, 1.54) is 20.7 Å². The molecule has 0 saturated carbocycles. The van der Waals surface area contributed by atoms with E-state index in [4.69, 9.17) is 0 Å². The van der Waals surface area contributed by atoms with Gasteiger partial charge in [0, 0.05) is 37.8 Å². The van der Waals surface area contributed by atoms with Gasteiger partial charge in [0.1, 0.15) is 0 Å². The molecule has 0 unspecified atom stereocenters. The average Bonchev–Trinajstić information content (AvgIpc) is 2.86. The maximum atomic E-state index is 12.9. The lowest BCUT2D eigenvalue weighted by atomic mass is 9.97. The Morgan fingerprint density at radius 2 is 1.49 bits per heavy atom. The average molecular weight is 520 g/mol. The predicted molar refractivity (Wildman–Crippen MR) is 136 cm³/mol. The maximum Gasteiger partial charge on any atom is 0.243 e. The summed E-state index contributed by atoms with van der Waals surface area (Å²) in [6.45, 7) is 3.59. The number of piperidine rings is 2. The molecule has 35 heavy (non-hydrogen) atoms. The summed E-state index contributed by atoms with van der Waals surface area (Å²) in [6.07, 6.45) is 3.69. The molecule has 2 aliphatic heterocycles. The van der Waals surface area contributed by atoms with E-state index in [9.17, 15) is 21.6 Å². The van der Waals surface area contributed by atoms with Crippen molar-refractivity contribution in [1.29, 1.82) is 0 Å². The van der Waals surface area contributed by atoms with Crippen LogP contribution < -0.4 is 5.32 Å². The molecule has 0 bridgehead atoms. The fourth-order valence-corrected chi connectivity index (χ4v) is 7.85. The molecule has 2 fully saturated rings. The number of nitrogens with one attached hydrogen (secondary N) is 1. The van der Waals surface area contributed by atoms with Crippen molar-refractivity contribution in [3.8, 4) is 0 Å². The summed E-state index contributed by atoms with van der Waals surface area (Å²) in [5.74, 6) is -0.507. The van der Waals surface area contributed by atoms with E-state index in [-0.39, 0.29) is 22.5 Å². The number of rotatable bonds is 7. The molecule has 0 aromatic heterocycles. The summed E-state index contributed by atoms with van der Waals surface area (Å²) in [6, 6.07) is 13.7. The Hall–Kier alpha value is -2.27. The van der Waals surface area contributed by atoms with Crippen LogP contribution in [0.25, 0.3) is 0 Å². The van der Waals surface area contributed by atoms with Crippen molar-refractivity contribution in [2.75, 3.05) is 31.5 Å². The second-order valence-corrected chi connectivity index (χ2v) is 13.2. The molecule has 0 spiro atoms. The first-order valence-corrected chi connectivity index (χ1v) is 15.2. The largest absolute Gasteiger partial charge is 0.326 e. The molecular weight excluding hydrogens is 486 g/mol. The highest BCUT2D eigenvalue weighted by Gasteiger charge is 2.31. The van der Waals surface area contributed by atoms with Crippen molar-refractivity contribution >= 4 is 31.6 Å². The number of carbonyl (C=O) groups is 1. The first kappa shape index (κ1) is 25.8. The minimum atomic E-state index is -3.52. The third-order valence-electron chi connectivity index (χ3n) is 6.89. The van der Waals surface area contributed by atoms with Gasteiger partial charge in [0.05, 0.1) is 10.6 Å². The number of anilines is 1. The number of amides is 1. The van der Waals surface area contributed by atoms with Gasteiger partial charge in [-0.15, -0.1) is 0 Å². The van der Waals surface area contributed by atoms with Crippen LogP contribution in [0, 0.1) is 12.8 Å². The number of nitrogens with zero attached hydrogens (tertiary/aromatic N) is 2. The molecule has 0 atom stereocenters. The van der Waals surface area contributed by atoms with Crippen molar-refractivity contribution in [3.05, 3.63) is 59.7 Å². The molecule has 2 heterocycles. The molecule has 4 rings (SSSR count). The summed E-state index contributed by atoms with van der Waals surface area (Å²) in [4.78, 5) is 13.0. The van der Waals surface area contributed by atoms with E-state index in [0.29, 0.717) is 44.7 Å². The van der Waals surface area contributed by atoms with Crippen molar-refractivity contribution in [2.45, 2.75) is 49.7 Å². The molecule has 1 N–H and O–H groups in total. The highest BCUT2D eigenvalue weighted by Crippen LogP contribution is 2.25. The highest BCUT2D eigenvalue weighted by molar-refractivity contribution is 7.89. The Morgan fingerprint density at radius 1 is 0.857 bits per heavy atom. The molecule has 190 valence electrons. The Kier molecular flexibility index (Phi) is 7.95. The van der Waals surface area contributed by atoms with Gasteiger partial charge in [-0.1, -0.05) is 30.7 Å². The summed E-state index contributed by atoms with van der Waals surface area (Å²) >= 11 is 0. The first-order valence-electron chi connectivity index (χ1n) is 12.1. The molecule has 0 radical (unpaired) electrons. The number of sulfonamides is 2. The zero-order valence-electron chi connectivity index (χ0n) is 20.0. The van der Waals surface area contributed by atoms with E-state index < -0.39 is 20.0 Å². The van der Waals surface area contributed by atoms with Crippen LogP contribution in [0.2, 0.25) is 0 Å². The normalized spacial score (nSPS) is 18.9. The topological polar surface area (TPSA) is 104 Å². The van der Waals surface area contributed by atoms with Crippen LogP contribution >= 0.6 is 0 Å². The van der Waals surface area contributed by atoms with Crippen molar-refractivity contribution in [2.24, 2.45) is 5.92 Å². The van der Waals surface area contributed by atoms with Gasteiger partial charge in [0.15, 0.2) is 0 Å². The summed E-state index contributed by atoms with van der Waals surface area (Å²) in [5, 5.41) is 2.86. The minimum Gasteiger partial charge on any atom is -0.326 e. The van der Waals surface area contributed by atoms with Gasteiger partial charge in [0.25, 0.3) is 0 Å². The van der Waals surface area contributed by atoms with Crippen LogP contribution in [0.3, 0.4) is 0 Å². The molecule has 2 saturated heterocycles. The second-order valence-electron chi connectivity index (χ2n) is 9.33. The third-order valence-corrected chi connectivity index (χ3v) is 10.6. The van der Waals surface area contributed by atoms with Gasteiger partial charge in [-0.3, -0.25) is 4.79 Å². The fourth-order valence-electron chi connectivity index (χ4n) is 4.66. The quantitative estimate of drug-likeness (QED) is 0.604. The molecular formula is C25H33N3O5S2. The lowest BCUT2D eigenvalue weighted by molar-refractivity contribution is -0.120. The van der Waals surface area contributed by atoms with Crippen LogP contribution in [0.15, 0.2) is 53.4 Å². The fraction of sp³-hybridized carbons (Fsp3) is 0.480. The van der Waals surface area contributed by atoms with Gasteiger partial charge in [-0.2, -0.15) is 4.31 Å². The molecule has 2 aliphatic rings. The number of hydrogen-bond acceptors (Lipinski definition) is 5. The zero-order chi connectivity index (χ0) is 25.1. The van der Waals surface area contributed by atoms with Gasteiger partial charge in [-0.05, 0) is 68.0 Å². The van der Waals surface area contributed by atoms with Crippen LogP contribution in [0.5, 0.6) is 0 Å². The van der Waals surface area contributed by atoms with Crippen LogP contribution in [-0.2, 0) is 30.6 Å². The number of benzene rings is 2. The van der Waals surface area contributed by atoms with Gasteiger partial charge in [0.2, 0.25) is 26.0 Å². The third kappa shape index (κ3) is 6.11. The van der Waals surface area contributed by atoms with Crippen molar-refractivity contribution < 1.29 is 21.6 Å². The standard InChI is InChI=1S/C25H33N3O5S2/c1-20-7-3-4-8-22(20)19-34(30,31)27-17-13-21(14-18-27)25(29)26-23-9-11-24(12-10-23)35(32,33)28-15-5-2-6-16-28/h3-4,7-12,21H,2,5-6,13-19H2,1H3,(H,26,29). The van der Waals surface area contributed by atoms with E-state index in [1.807, 2.05) is 31.2 Å². The predicted octanol–water partition coefficient (Wildman–Crippen LogP) is 3.35. The summed E-state index contributed by atoms with van der Waals surface area (Å²) in [7, 11) is -6.97. The molecule has 10 heteroatoms. The van der Waals surface area contributed by atoms with Crippen LogP contribution in [-0.4, -0.2) is 57.5 Å². The first-order chi connectivity index (χ1) is 16.7. The highest BCUT2D eigenvalue weighted by atomic mass is 32.2. The Bertz CT molecular complexity index is 1250. The van der Waals surface area contributed by atoms with E-state index in [2.05, 4.69) is 5.32 Å². The van der Waals surface area contributed by atoms with E-state index >= 15 is 0 Å². The monoisotopic (exact) mass is 519 g/mol. The Morgan fingerprint density at radius 3 is 2.11 bits per heavy atom. The van der Waals surface area contributed by atoms with Crippen LogP contribution in [0.1, 0.15) is 43.2 Å². The molecule has 1 amide bonds.